The van der Waals surface area contributed by atoms with Crippen molar-refractivity contribution in [2.45, 2.75) is 26.1 Å². The molecule has 1 N–H and O–H groups in total. The van der Waals surface area contributed by atoms with Gasteiger partial charge < -0.3 is 14.7 Å². The molecule has 33 heavy (non-hydrogen) atoms. The van der Waals surface area contributed by atoms with Crippen LogP contribution in [0.25, 0.3) is 10.4 Å². The zero-order valence-corrected chi connectivity index (χ0v) is 19.4. The lowest BCUT2D eigenvalue weighted by molar-refractivity contribution is -0.137. The largest absolute Gasteiger partial charge is 0.512 e. The van der Waals surface area contributed by atoms with Gasteiger partial charge in [-0.15, -0.1) is 0 Å². The molecule has 1 aromatic heterocycles. The van der Waals surface area contributed by atoms with Gasteiger partial charge in [-0.1, -0.05) is 46.7 Å². The number of nitrogens with zero attached hydrogens (tertiary/aromatic N) is 1. The van der Waals surface area contributed by atoms with E-state index in [9.17, 15) is 22.8 Å². The molecule has 0 aliphatic rings. The number of hydrogen-bond acceptors (Lipinski definition) is 4. The summed E-state index contributed by atoms with van der Waals surface area (Å²) < 4.78 is 44.4. The van der Waals surface area contributed by atoms with E-state index in [-0.39, 0.29) is 31.8 Å². The number of carbonyl (C=O) groups is 2. The first-order chi connectivity index (χ1) is 15.4. The molecule has 1 heterocycles. The van der Waals surface area contributed by atoms with Gasteiger partial charge in [0.1, 0.15) is 0 Å². The second-order valence-electron chi connectivity index (χ2n) is 7.12. The molecule has 0 bridgehead atoms. The predicted octanol–water partition coefficient (Wildman–Crippen LogP) is 7.85. The van der Waals surface area contributed by atoms with Crippen LogP contribution in [-0.4, -0.2) is 23.2 Å². The van der Waals surface area contributed by atoms with Crippen LogP contribution < -0.4 is 9.64 Å². The maximum absolute atomic E-state index is 13.3. The molecule has 0 aliphatic heterocycles. The first-order valence-corrected chi connectivity index (χ1v) is 11.0. The van der Waals surface area contributed by atoms with Gasteiger partial charge in [0.15, 0.2) is 0 Å². The lowest BCUT2D eigenvalue weighted by Crippen LogP contribution is -2.37. The van der Waals surface area contributed by atoms with Crippen LogP contribution >= 0.6 is 34.5 Å². The Bertz CT molecular complexity index is 1210. The van der Waals surface area contributed by atoms with Crippen LogP contribution in [0.1, 0.15) is 29.8 Å². The second kappa shape index (κ2) is 9.62. The Kier molecular flexibility index (Phi) is 7.26. The number of amides is 1. The number of rotatable bonds is 5. The van der Waals surface area contributed by atoms with E-state index >= 15 is 0 Å². The Hall–Kier alpha value is -2.75. The summed E-state index contributed by atoms with van der Waals surface area (Å²) in [4.78, 5) is 26.2. The van der Waals surface area contributed by atoms with Crippen molar-refractivity contribution >= 4 is 52.3 Å². The van der Waals surface area contributed by atoms with Crippen molar-refractivity contribution in [2.75, 3.05) is 4.90 Å². The van der Waals surface area contributed by atoms with E-state index < -0.39 is 29.8 Å². The number of benzene rings is 2. The summed E-state index contributed by atoms with van der Waals surface area (Å²) in [6.07, 6.45) is -6.18. The molecule has 0 fully saturated rings. The molecule has 0 spiro atoms. The smallest absolute Gasteiger partial charge is 0.449 e. The van der Waals surface area contributed by atoms with E-state index in [2.05, 4.69) is 0 Å². The molecule has 3 aromatic rings. The third-order valence-corrected chi connectivity index (χ3v) is 6.09. The maximum atomic E-state index is 13.3. The van der Waals surface area contributed by atoms with Crippen LogP contribution in [0.4, 0.5) is 23.7 Å². The Labute approximate surface area is 200 Å². The van der Waals surface area contributed by atoms with Crippen LogP contribution in [0, 0.1) is 0 Å². The van der Waals surface area contributed by atoms with Crippen molar-refractivity contribution in [2.24, 2.45) is 0 Å². The minimum absolute atomic E-state index is 0.0841. The number of carbonyl (C=O) groups excluding carboxylic acids is 1. The molecular weight excluding hydrogens is 502 g/mol. The number of thiophene rings is 1. The van der Waals surface area contributed by atoms with Crippen molar-refractivity contribution < 1.29 is 32.6 Å². The summed E-state index contributed by atoms with van der Waals surface area (Å²) in [6.45, 7) is 3.38. The lowest BCUT2D eigenvalue weighted by atomic mass is 10.1. The van der Waals surface area contributed by atoms with Crippen LogP contribution in [0.3, 0.4) is 0 Å². The first kappa shape index (κ1) is 24.9. The number of halogens is 5. The number of alkyl halides is 3. The van der Waals surface area contributed by atoms with Crippen molar-refractivity contribution in [1.29, 1.82) is 0 Å². The van der Waals surface area contributed by atoms with Crippen LogP contribution in [0.5, 0.6) is 5.06 Å². The molecule has 0 atom stereocenters. The van der Waals surface area contributed by atoms with E-state index in [4.69, 9.17) is 33.0 Å². The lowest BCUT2D eigenvalue weighted by Gasteiger charge is -2.27. The number of carboxylic acid groups (broad SMARTS) is 1. The number of anilines is 1. The topological polar surface area (TPSA) is 66.8 Å². The Balaban J connectivity index is 2.14. The van der Waals surface area contributed by atoms with Gasteiger partial charge in [-0.3, -0.25) is 4.79 Å². The minimum atomic E-state index is -4.55. The van der Waals surface area contributed by atoms with Crippen LogP contribution in [-0.2, 0) is 6.18 Å². The Morgan fingerprint density at radius 3 is 2.36 bits per heavy atom. The molecule has 3 rings (SSSR count). The summed E-state index contributed by atoms with van der Waals surface area (Å²) in [7, 11) is 0. The molecule has 2 aromatic carbocycles. The van der Waals surface area contributed by atoms with E-state index in [1.165, 1.54) is 41.3 Å². The van der Waals surface area contributed by atoms with Crippen molar-refractivity contribution in [3.05, 3.63) is 69.7 Å². The van der Waals surface area contributed by atoms with Gasteiger partial charge in [0.2, 0.25) is 5.06 Å². The van der Waals surface area contributed by atoms with Gasteiger partial charge in [-0.05, 0) is 55.8 Å². The van der Waals surface area contributed by atoms with Crippen molar-refractivity contribution in [3.8, 4) is 15.5 Å². The fourth-order valence-corrected chi connectivity index (χ4v) is 4.57. The monoisotopic (exact) mass is 517 g/mol. The highest BCUT2D eigenvalue weighted by atomic mass is 35.5. The standard InChI is InChI=1S/C22H16Cl2F3NO4S/c1-11(2)28(19(29)15-7-6-14(23)9-16(15)24)17-10-18(33-20(17)32-21(30)31)12-4-3-5-13(8-12)22(25,26)27/h3-11H,1-2H3,(H,30,31). The normalized spacial score (nSPS) is 11.5. The first-order valence-electron chi connectivity index (χ1n) is 9.39. The number of hydrogen-bond donors (Lipinski definition) is 1. The SMILES string of the molecule is CC(C)N(C(=O)c1ccc(Cl)cc1Cl)c1cc(-c2cccc(C(F)(F)F)c2)sc1OC(=O)O. The summed E-state index contributed by atoms with van der Waals surface area (Å²) >= 11 is 12.9. The highest BCUT2D eigenvalue weighted by Gasteiger charge is 2.32. The molecule has 1 amide bonds. The van der Waals surface area contributed by atoms with Gasteiger partial charge >= 0.3 is 12.3 Å². The Morgan fingerprint density at radius 2 is 1.79 bits per heavy atom. The third kappa shape index (κ3) is 5.61. The molecule has 0 unspecified atom stereocenters. The average Bonchev–Trinajstić information content (AvgIpc) is 3.09. The second-order valence-corrected chi connectivity index (χ2v) is 8.98. The highest BCUT2D eigenvalue weighted by molar-refractivity contribution is 7.18. The van der Waals surface area contributed by atoms with Gasteiger partial charge in [0.25, 0.3) is 5.91 Å². The van der Waals surface area contributed by atoms with E-state index in [1.807, 2.05) is 0 Å². The van der Waals surface area contributed by atoms with Gasteiger partial charge in [0, 0.05) is 15.9 Å². The molecule has 5 nitrogen and oxygen atoms in total. The number of ether oxygens (including phenoxy) is 1. The van der Waals surface area contributed by atoms with Gasteiger partial charge in [-0.2, -0.15) is 13.2 Å². The third-order valence-electron chi connectivity index (χ3n) is 4.49. The predicted molar refractivity (Wildman–Crippen MR) is 122 cm³/mol. The van der Waals surface area contributed by atoms with Gasteiger partial charge in [-0.25, -0.2) is 4.79 Å². The quantitative estimate of drug-likeness (QED) is 0.350. The maximum Gasteiger partial charge on any atom is 0.512 e. The van der Waals surface area contributed by atoms with Gasteiger partial charge in [0.05, 0.1) is 21.8 Å². The summed E-state index contributed by atoms with van der Waals surface area (Å²) in [5.74, 6) is -0.560. The average molecular weight is 518 g/mol. The van der Waals surface area contributed by atoms with E-state index in [0.29, 0.717) is 5.02 Å². The summed E-state index contributed by atoms with van der Waals surface area (Å²) in [5, 5.41) is 9.42. The summed E-state index contributed by atoms with van der Waals surface area (Å²) in [5.41, 5.74) is -0.471. The molecule has 0 radical (unpaired) electrons. The fourth-order valence-electron chi connectivity index (χ4n) is 3.09. The van der Waals surface area contributed by atoms with Crippen molar-refractivity contribution in [1.82, 2.24) is 0 Å². The van der Waals surface area contributed by atoms with E-state index in [0.717, 1.165) is 23.5 Å². The fraction of sp³-hybridized carbons (Fsp3) is 0.182. The molecule has 174 valence electrons. The van der Waals surface area contributed by atoms with E-state index in [1.54, 1.807) is 13.8 Å². The molecule has 0 saturated carbocycles. The van der Waals surface area contributed by atoms with Crippen LogP contribution in [0.15, 0.2) is 48.5 Å². The molecule has 0 saturated heterocycles. The summed E-state index contributed by atoms with van der Waals surface area (Å²) in [6, 6.07) is 9.81. The molecule has 0 aliphatic carbocycles. The Morgan fingerprint density at radius 1 is 1.09 bits per heavy atom. The molecular formula is C22H16Cl2F3NO4S. The van der Waals surface area contributed by atoms with Crippen molar-refractivity contribution in [3.63, 3.8) is 0 Å². The molecule has 11 heteroatoms. The highest BCUT2D eigenvalue weighted by Crippen LogP contribution is 2.45. The zero-order chi connectivity index (χ0) is 24.5. The zero-order valence-electron chi connectivity index (χ0n) is 17.1. The minimum Gasteiger partial charge on any atom is -0.449 e. The van der Waals surface area contributed by atoms with Crippen LogP contribution in [0.2, 0.25) is 10.0 Å².